The monoisotopic (exact) mass is 241 g/mol. The molecule has 1 heterocycles. The van der Waals surface area contributed by atoms with E-state index in [1.807, 2.05) is 0 Å². The molecule has 1 aromatic heterocycles. The summed E-state index contributed by atoms with van der Waals surface area (Å²) in [4.78, 5) is 22.0. The maximum absolute atomic E-state index is 11.3. The number of rotatable bonds is 6. The van der Waals surface area contributed by atoms with Crippen molar-refractivity contribution in [3.63, 3.8) is 0 Å². The number of carboxylic acids is 1. The van der Waals surface area contributed by atoms with Crippen LogP contribution in [0.15, 0.2) is 16.9 Å². The Kier molecular flexibility index (Phi) is 4.99. The molecule has 0 aliphatic heterocycles. The van der Waals surface area contributed by atoms with Gasteiger partial charge in [-0.25, -0.2) is 4.79 Å². The Morgan fingerprint density at radius 1 is 1.53 bits per heavy atom. The van der Waals surface area contributed by atoms with Crippen LogP contribution in [-0.4, -0.2) is 28.8 Å². The number of carbonyl (C=O) groups excluding carboxylic acids is 1. The van der Waals surface area contributed by atoms with Crippen molar-refractivity contribution >= 4 is 12.0 Å². The molecule has 17 heavy (non-hydrogen) atoms. The second-order valence-electron chi connectivity index (χ2n) is 3.50. The zero-order chi connectivity index (χ0) is 12.7. The Bertz CT molecular complexity index is 364. The van der Waals surface area contributed by atoms with Gasteiger partial charge in [0.05, 0.1) is 12.5 Å². The SMILES string of the molecule is CCC(CNC(=O)NCc1ccon1)C(=O)O. The molecular formula is C10H15N3O4. The molecule has 1 atom stereocenters. The number of aliphatic carboxylic acids is 1. The summed E-state index contributed by atoms with van der Waals surface area (Å²) in [5.41, 5.74) is 0.602. The van der Waals surface area contributed by atoms with Gasteiger partial charge in [0.2, 0.25) is 0 Å². The Hall–Kier alpha value is -2.05. The van der Waals surface area contributed by atoms with Crippen molar-refractivity contribution in [2.75, 3.05) is 6.54 Å². The number of carboxylic acid groups (broad SMARTS) is 1. The van der Waals surface area contributed by atoms with Crippen LogP contribution in [0.25, 0.3) is 0 Å². The number of aromatic nitrogens is 1. The number of hydrogen-bond acceptors (Lipinski definition) is 4. The Morgan fingerprint density at radius 2 is 2.29 bits per heavy atom. The van der Waals surface area contributed by atoms with E-state index in [-0.39, 0.29) is 13.1 Å². The van der Waals surface area contributed by atoms with E-state index in [1.54, 1.807) is 13.0 Å². The lowest BCUT2D eigenvalue weighted by Crippen LogP contribution is -2.39. The Morgan fingerprint density at radius 3 is 2.82 bits per heavy atom. The molecule has 0 aliphatic carbocycles. The highest BCUT2D eigenvalue weighted by molar-refractivity contribution is 5.75. The summed E-state index contributed by atoms with van der Waals surface area (Å²) < 4.78 is 4.59. The fourth-order valence-corrected chi connectivity index (χ4v) is 1.18. The number of urea groups is 1. The first-order valence-electron chi connectivity index (χ1n) is 5.27. The highest BCUT2D eigenvalue weighted by Crippen LogP contribution is 2.00. The highest BCUT2D eigenvalue weighted by atomic mass is 16.5. The van der Waals surface area contributed by atoms with Gasteiger partial charge in [0, 0.05) is 12.6 Å². The topological polar surface area (TPSA) is 104 Å². The molecule has 94 valence electrons. The Labute approximate surface area is 98.2 Å². The van der Waals surface area contributed by atoms with Crippen LogP contribution in [-0.2, 0) is 11.3 Å². The van der Waals surface area contributed by atoms with Gasteiger partial charge >= 0.3 is 12.0 Å². The van der Waals surface area contributed by atoms with Crippen molar-refractivity contribution in [1.82, 2.24) is 15.8 Å². The molecule has 0 bridgehead atoms. The van der Waals surface area contributed by atoms with Gasteiger partial charge in [-0.1, -0.05) is 12.1 Å². The van der Waals surface area contributed by atoms with E-state index < -0.39 is 17.9 Å². The van der Waals surface area contributed by atoms with Gasteiger partial charge < -0.3 is 20.3 Å². The maximum atomic E-state index is 11.3. The van der Waals surface area contributed by atoms with Gasteiger partial charge in [-0.05, 0) is 6.42 Å². The molecule has 7 nitrogen and oxygen atoms in total. The molecule has 0 saturated heterocycles. The van der Waals surface area contributed by atoms with Gasteiger partial charge in [-0.15, -0.1) is 0 Å². The van der Waals surface area contributed by atoms with E-state index in [0.29, 0.717) is 12.1 Å². The van der Waals surface area contributed by atoms with Crippen molar-refractivity contribution in [3.05, 3.63) is 18.0 Å². The predicted molar refractivity (Wildman–Crippen MR) is 58.2 cm³/mol. The minimum atomic E-state index is -0.913. The summed E-state index contributed by atoms with van der Waals surface area (Å²) in [5.74, 6) is -1.47. The molecule has 1 unspecified atom stereocenters. The molecular weight excluding hydrogens is 226 g/mol. The van der Waals surface area contributed by atoms with Crippen LogP contribution < -0.4 is 10.6 Å². The van der Waals surface area contributed by atoms with E-state index in [4.69, 9.17) is 5.11 Å². The number of nitrogens with zero attached hydrogens (tertiary/aromatic N) is 1. The fraction of sp³-hybridized carbons (Fsp3) is 0.500. The van der Waals surface area contributed by atoms with Crippen molar-refractivity contribution in [3.8, 4) is 0 Å². The van der Waals surface area contributed by atoms with Crippen LogP contribution in [0.2, 0.25) is 0 Å². The van der Waals surface area contributed by atoms with Crippen molar-refractivity contribution in [2.45, 2.75) is 19.9 Å². The minimum Gasteiger partial charge on any atom is -0.481 e. The Balaban J connectivity index is 2.23. The quantitative estimate of drug-likeness (QED) is 0.676. The molecule has 1 rings (SSSR count). The van der Waals surface area contributed by atoms with Crippen molar-refractivity contribution < 1.29 is 19.2 Å². The van der Waals surface area contributed by atoms with Crippen LogP contribution in [0.3, 0.4) is 0 Å². The molecule has 0 saturated carbocycles. The van der Waals surface area contributed by atoms with E-state index in [9.17, 15) is 9.59 Å². The lowest BCUT2D eigenvalue weighted by Gasteiger charge is -2.11. The number of carbonyl (C=O) groups is 2. The van der Waals surface area contributed by atoms with E-state index in [2.05, 4.69) is 20.3 Å². The average Bonchev–Trinajstić information content (AvgIpc) is 2.79. The fourth-order valence-electron chi connectivity index (χ4n) is 1.18. The number of nitrogens with one attached hydrogen (secondary N) is 2. The molecule has 1 aromatic rings. The molecule has 0 radical (unpaired) electrons. The van der Waals surface area contributed by atoms with Gasteiger partial charge in [0.1, 0.15) is 12.0 Å². The third kappa shape index (κ3) is 4.54. The summed E-state index contributed by atoms with van der Waals surface area (Å²) in [6.45, 7) is 2.11. The summed E-state index contributed by atoms with van der Waals surface area (Å²) in [7, 11) is 0. The van der Waals surface area contributed by atoms with Gasteiger partial charge in [0.25, 0.3) is 0 Å². The van der Waals surface area contributed by atoms with E-state index in [0.717, 1.165) is 0 Å². The van der Waals surface area contributed by atoms with Crippen molar-refractivity contribution in [2.24, 2.45) is 5.92 Å². The van der Waals surface area contributed by atoms with Gasteiger partial charge in [-0.2, -0.15) is 0 Å². The van der Waals surface area contributed by atoms with Gasteiger partial charge in [-0.3, -0.25) is 4.79 Å². The zero-order valence-corrected chi connectivity index (χ0v) is 9.47. The first kappa shape index (κ1) is 13.0. The molecule has 0 spiro atoms. The number of amides is 2. The lowest BCUT2D eigenvalue weighted by atomic mass is 10.1. The molecule has 0 fully saturated rings. The van der Waals surface area contributed by atoms with Crippen LogP contribution in [0.4, 0.5) is 4.79 Å². The summed E-state index contributed by atoms with van der Waals surface area (Å²) in [6.07, 6.45) is 1.88. The summed E-state index contributed by atoms with van der Waals surface area (Å²) in [6, 6.07) is 1.21. The van der Waals surface area contributed by atoms with Crippen LogP contribution in [0.1, 0.15) is 19.0 Å². The molecule has 3 N–H and O–H groups in total. The molecule has 2 amide bonds. The first-order chi connectivity index (χ1) is 8.13. The van der Waals surface area contributed by atoms with Crippen LogP contribution in [0.5, 0.6) is 0 Å². The van der Waals surface area contributed by atoms with Crippen LogP contribution in [0, 0.1) is 5.92 Å². The standard InChI is InChI=1S/C10H15N3O4/c1-2-7(9(14)15)5-11-10(16)12-6-8-3-4-17-13-8/h3-4,7H,2,5-6H2,1H3,(H,14,15)(H2,11,12,16). The smallest absolute Gasteiger partial charge is 0.315 e. The molecule has 0 aromatic carbocycles. The van der Waals surface area contributed by atoms with E-state index in [1.165, 1.54) is 6.26 Å². The third-order valence-electron chi connectivity index (χ3n) is 2.27. The maximum Gasteiger partial charge on any atom is 0.315 e. The van der Waals surface area contributed by atoms with E-state index >= 15 is 0 Å². The summed E-state index contributed by atoms with van der Waals surface area (Å²) in [5, 5.41) is 17.4. The van der Waals surface area contributed by atoms with Crippen LogP contribution >= 0.6 is 0 Å². The lowest BCUT2D eigenvalue weighted by molar-refractivity contribution is -0.141. The minimum absolute atomic E-state index is 0.108. The highest BCUT2D eigenvalue weighted by Gasteiger charge is 2.15. The van der Waals surface area contributed by atoms with Gasteiger partial charge in [0.15, 0.2) is 0 Å². The predicted octanol–water partition coefficient (Wildman–Crippen LogP) is 0.585. The largest absolute Gasteiger partial charge is 0.481 e. The normalized spacial score (nSPS) is 11.8. The third-order valence-corrected chi connectivity index (χ3v) is 2.27. The molecule has 0 aliphatic rings. The average molecular weight is 241 g/mol. The second-order valence-corrected chi connectivity index (χ2v) is 3.50. The molecule has 7 heteroatoms. The van der Waals surface area contributed by atoms with Crippen molar-refractivity contribution in [1.29, 1.82) is 0 Å². The number of hydrogen-bond donors (Lipinski definition) is 3. The zero-order valence-electron chi connectivity index (χ0n) is 9.47. The second kappa shape index (κ2) is 6.51. The first-order valence-corrected chi connectivity index (χ1v) is 5.27. The summed E-state index contributed by atoms with van der Waals surface area (Å²) >= 11 is 0.